The number of morpholine rings is 1. The predicted molar refractivity (Wildman–Crippen MR) is 57.2 cm³/mol. The van der Waals surface area contributed by atoms with E-state index in [0.29, 0.717) is 26.3 Å². The normalized spacial score (nSPS) is 18.4. The maximum absolute atomic E-state index is 12.0. The highest BCUT2D eigenvalue weighted by Gasteiger charge is 2.24. The Balaban J connectivity index is 2.13. The largest absolute Gasteiger partial charge is 0.392 e. The van der Waals surface area contributed by atoms with E-state index in [1.165, 1.54) is 6.20 Å². The molecular formula is C8H14N4O4S. The Bertz CT molecular complexity index is 466. The Hall–Kier alpha value is -1.00. The first-order valence-corrected chi connectivity index (χ1v) is 6.60. The lowest BCUT2D eigenvalue weighted by atomic mass is 10.4. The molecule has 17 heavy (non-hydrogen) atoms. The molecule has 0 atom stereocenters. The van der Waals surface area contributed by atoms with Gasteiger partial charge in [0.1, 0.15) is 0 Å². The summed E-state index contributed by atoms with van der Waals surface area (Å²) in [5, 5.41) is 16.4. The zero-order chi connectivity index (χ0) is 12.3. The fourth-order valence-electron chi connectivity index (χ4n) is 1.51. The molecule has 0 saturated carbocycles. The highest BCUT2D eigenvalue weighted by atomic mass is 32.2. The summed E-state index contributed by atoms with van der Waals surface area (Å²) in [5.74, 6) is 0. The zero-order valence-electron chi connectivity index (χ0n) is 9.09. The molecule has 0 spiro atoms. The molecular weight excluding hydrogens is 248 g/mol. The van der Waals surface area contributed by atoms with Crippen molar-refractivity contribution in [3.05, 3.63) is 11.8 Å². The van der Waals surface area contributed by atoms with E-state index in [4.69, 9.17) is 9.84 Å². The number of hydrogen-bond acceptors (Lipinski definition) is 6. The van der Waals surface area contributed by atoms with Crippen molar-refractivity contribution >= 4 is 10.0 Å². The van der Waals surface area contributed by atoms with Crippen molar-refractivity contribution in [3.8, 4) is 0 Å². The van der Waals surface area contributed by atoms with Crippen LogP contribution in [0, 0.1) is 0 Å². The number of H-pyrrole nitrogens is 1. The van der Waals surface area contributed by atoms with Crippen LogP contribution in [-0.4, -0.2) is 55.0 Å². The molecule has 96 valence electrons. The van der Waals surface area contributed by atoms with Crippen LogP contribution in [0.1, 0.15) is 5.56 Å². The standard InChI is InChI=1S/C8H14N4O4S/c13-6-7-5-9-10-8(7)17(14,15)11-12-1-3-16-4-2-12/h5,11,13H,1-4,6H2,(H,9,10). The Morgan fingerprint density at radius 1 is 1.53 bits per heavy atom. The summed E-state index contributed by atoms with van der Waals surface area (Å²) in [6.07, 6.45) is 1.29. The van der Waals surface area contributed by atoms with Gasteiger partial charge in [0.2, 0.25) is 0 Å². The third-order valence-electron chi connectivity index (χ3n) is 2.38. The number of ether oxygens (including phenoxy) is 1. The number of hydrazine groups is 1. The van der Waals surface area contributed by atoms with Gasteiger partial charge in [-0.05, 0) is 0 Å². The second-order valence-electron chi connectivity index (χ2n) is 3.58. The molecule has 0 radical (unpaired) electrons. The summed E-state index contributed by atoms with van der Waals surface area (Å²) in [7, 11) is -3.72. The molecule has 1 fully saturated rings. The molecule has 9 heteroatoms. The smallest absolute Gasteiger partial charge is 0.270 e. The summed E-state index contributed by atoms with van der Waals surface area (Å²) in [5.41, 5.74) is 0.241. The summed E-state index contributed by atoms with van der Waals surface area (Å²) in [6.45, 7) is 1.57. The van der Waals surface area contributed by atoms with Gasteiger partial charge in [-0.3, -0.25) is 5.10 Å². The monoisotopic (exact) mass is 262 g/mol. The Kier molecular flexibility index (Phi) is 3.74. The van der Waals surface area contributed by atoms with Crippen molar-refractivity contribution in [2.45, 2.75) is 11.6 Å². The minimum Gasteiger partial charge on any atom is -0.392 e. The van der Waals surface area contributed by atoms with Crippen LogP contribution in [0.2, 0.25) is 0 Å². The van der Waals surface area contributed by atoms with E-state index in [0.717, 1.165) is 0 Å². The second-order valence-corrected chi connectivity index (χ2v) is 5.17. The maximum Gasteiger partial charge on any atom is 0.270 e. The molecule has 0 aromatic carbocycles. The number of aliphatic hydroxyl groups is 1. The number of sulfonamides is 1. The number of aromatic nitrogens is 2. The number of hydrogen-bond donors (Lipinski definition) is 3. The lowest BCUT2D eigenvalue weighted by Gasteiger charge is -2.26. The van der Waals surface area contributed by atoms with Gasteiger partial charge in [-0.15, -0.1) is 4.83 Å². The average molecular weight is 262 g/mol. The van der Waals surface area contributed by atoms with Crippen LogP contribution in [0.5, 0.6) is 0 Å². The molecule has 0 amide bonds. The Morgan fingerprint density at radius 3 is 2.88 bits per heavy atom. The molecule has 0 bridgehead atoms. The van der Waals surface area contributed by atoms with Crippen molar-refractivity contribution in [1.82, 2.24) is 20.0 Å². The lowest BCUT2D eigenvalue weighted by Crippen LogP contribution is -2.48. The minimum absolute atomic E-state index is 0.105. The minimum atomic E-state index is -3.72. The molecule has 2 rings (SSSR count). The SMILES string of the molecule is O=S(=O)(NN1CCOCC1)c1[nH]ncc1CO. The second kappa shape index (κ2) is 5.10. The molecule has 0 aliphatic carbocycles. The van der Waals surface area contributed by atoms with E-state index in [9.17, 15) is 8.42 Å². The number of aromatic amines is 1. The van der Waals surface area contributed by atoms with Crippen LogP contribution in [0.15, 0.2) is 11.2 Å². The molecule has 1 aliphatic rings. The van der Waals surface area contributed by atoms with E-state index in [1.54, 1.807) is 5.01 Å². The summed E-state index contributed by atoms with van der Waals surface area (Å²) in [6, 6.07) is 0. The number of nitrogens with zero attached hydrogens (tertiary/aromatic N) is 2. The molecule has 1 aromatic rings. The van der Waals surface area contributed by atoms with Crippen LogP contribution in [-0.2, 0) is 21.4 Å². The van der Waals surface area contributed by atoms with Crippen molar-refractivity contribution < 1.29 is 18.3 Å². The molecule has 3 N–H and O–H groups in total. The maximum atomic E-state index is 12.0. The summed E-state index contributed by atoms with van der Waals surface area (Å²) < 4.78 is 29.0. The van der Waals surface area contributed by atoms with Crippen molar-refractivity contribution in [3.63, 3.8) is 0 Å². The van der Waals surface area contributed by atoms with Crippen LogP contribution in [0.4, 0.5) is 0 Å². The zero-order valence-corrected chi connectivity index (χ0v) is 9.90. The highest BCUT2D eigenvalue weighted by molar-refractivity contribution is 7.89. The number of rotatable bonds is 4. The molecule has 2 heterocycles. The molecule has 1 aliphatic heterocycles. The lowest BCUT2D eigenvalue weighted by molar-refractivity contribution is 0.0271. The van der Waals surface area contributed by atoms with E-state index in [-0.39, 0.29) is 17.2 Å². The van der Waals surface area contributed by atoms with Crippen LogP contribution >= 0.6 is 0 Å². The van der Waals surface area contributed by atoms with Crippen molar-refractivity contribution in [2.24, 2.45) is 0 Å². The van der Waals surface area contributed by atoms with Gasteiger partial charge in [0.15, 0.2) is 5.03 Å². The Morgan fingerprint density at radius 2 is 2.24 bits per heavy atom. The van der Waals surface area contributed by atoms with Crippen molar-refractivity contribution in [1.29, 1.82) is 0 Å². The highest BCUT2D eigenvalue weighted by Crippen LogP contribution is 2.12. The molecule has 1 saturated heterocycles. The number of aliphatic hydroxyl groups excluding tert-OH is 1. The number of nitrogens with one attached hydrogen (secondary N) is 2. The van der Waals surface area contributed by atoms with Crippen LogP contribution in [0.3, 0.4) is 0 Å². The first-order chi connectivity index (χ1) is 8.13. The third kappa shape index (κ3) is 2.82. The fourth-order valence-corrected chi connectivity index (χ4v) is 2.76. The quantitative estimate of drug-likeness (QED) is 0.605. The van der Waals surface area contributed by atoms with Gasteiger partial charge in [0, 0.05) is 18.7 Å². The van der Waals surface area contributed by atoms with Crippen LogP contribution in [0.25, 0.3) is 0 Å². The van der Waals surface area contributed by atoms with Gasteiger partial charge < -0.3 is 9.84 Å². The van der Waals surface area contributed by atoms with Gasteiger partial charge in [0.25, 0.3) is 10.0 Å². The molecule has 0 unspecified atom stereocenters. The van der Waals surface area contributed by atoms with Gasteiger partial charge in [-0.25, -0.2) is 13.4 Å². The van der Waals surface area contributed by atoms with Crippen LogP contribution < -0.4 is 4.83 Å². The van der Waals surface area contributed by atoms with Crippen molar-refractivity contribution in [2.75, 3.05) is 26.3 Å². The first-order valence-electron chi connectivity index (χ1n) is 5.12. The van der Waals surface area contributed by atoms with Gasteiger partial charge >= 0.3 is 0 Å². The Labute approximate surface area is 98.6 Å². The van der Waals surface area contributed by atoms with E-state index >= 15 is 0 Å². The van der Waals surface area contributed by atoms with E-state index in [2.05, 4.69) is 15.0 Å². The van der Waals surface area contributed by atoms with Gasteiger partial charge in [0.05, 0.1) is 26.0 Å². The summed E-state index contributed by atoms with van der Waals surface area (Å²) in [4.78, 5) is 2.42. The molecule has 8 nitrogen and oxygen atoms in total. The molecule has 1 aromatic heterocycles. The van der Waals surface area contributed by atoms with Gasteiger partial charge in [-0.2, -0.15) is 5.10 Å². The fraction of sp³-hybridized carbons (Fsp3) is 0.625. The van der Waals surface area contributed by atoms with Gasteiger partial charge in [-0.1, -0.05) is 0 Å². The topological polar surface area (TPSA) is 108 Å². The predicted octanol–water partition coefficient (Wildman–Crippen LogP) is -1.57. The summed E-state index contributed by atoms with van der Waals surface area (Å²) >= 11 is 0. The third-order valence-corrected chi connectivity index (χ3v) is 3.77. The average Bonchev–Trinajstić information content (AvgIpc) is 2.78. The first kappa shape index (κ1) is 12.5. The van der Waals surface area contributed by atoms with E-state index in [1.807, 2.05) is 0 Å². The van der Waals surface area contributed by atoms with E-state index < -0.39 is 10.0 Å².